The molecule has 0 aliphatic carbocycles. The average molecular weight is 432 g/mol. The predicted molar refractivity (Wildman–Crippen MR) is 120 cm³/mol. The van der Waals surface area contributed by atoms with E-state index in [1.54, 1.807) is 7.11 Å². The van der Waals surface area contributed by atoms with E-state index >= 15 is 0 Å². The minimum atomic E-state index is -0.0345. The quantitative estimate of drug-likeness (QED) is 0.560. The molecule has 1 amide bonds. The summed E-state index contributed by atoms with van der Waals surface area (Å²) in [6, 6.07) is 7.70. The number of likely N-dealkylation sites (tertiary alicyclic amines) is 1. The predicted octanol–water partition coefficient (Wildman–Crippen LogP) is 4.96. The zero-order chi connectivity index (χ0) is 20.4. The summed E-state index contributed by atoms with van der Waals surface area (Å²) in [5, 5.41) is 5.44. The van der Waals surface area contributed by atoms with E-state index in [4.69, 9.17) is 16.3 Å². The number of pyridine rings is 1. The van der Waals surface area contributed by atoms with E-state index in [2.05, 4.69) is 22.1 Å². The van der Waals surface area contributed by atoms with Crippen LogP contribution in [0.1, 0.15) is 35.9 Å². The topological polar surface area (TPSA) is 54.5 Å². The Morgan fingerprint density at radius 2 is 2.24 bits per heavy atom. The second-order valence-electron chi connectivity index (χ2n) is 7.80. The van der Waals surface area contributed by atoms with Crippen molar-refractivity contribution in [1.82, 2.24) is 15.2 Å². The highest BCUT2D eigenvalue weighted by atomic mass is 35.5. The van der Waals surface area contributed by atoms with Crippen molar-refractivity contribution in [2.45, 2.75) is 26.2 Å². The van der Waals surface area contributed by atoms with Crippen LogP contribution in [0.25, 0.3) is 21.1 Å². The molecule has 0 saturated carbocycles. The third-order valence-corrected chi connectivity index (χ3v) is 6.91. The van der Waals surface area contributed by atoms with E-state index in [1.807, 2.05) is 24.3 Å². The van der Waals surface area contributed by atoms with E-state index in [-0.39, 0.29) is 5.91 Å². The number of benzene rings is 1. The molecule has 29 heavy (non-hydrogen) atoms. The highest BCUT2D eigenvalue weighted by Crippen LogP contribution is 2.35. The van der Waals surface area contributed by atoms with Gasteiger partial charge in [-0.15, -0.1) is 11.3 Å². The lowest BCUT2D eigenvalue weighted by Crippen LogP contribution is -2.36. The third kappa shape index (κ3) is 4.49. The van der Waals surface area contributed by atoms with Crippen LogP contribution in [0.5, 0.6) is 5.75 Å². The molecule has 1 atom stereocenters. The number of aromatic nitrogens is 1. The molecule has 0 radical (unpaired) electrons. The van der Waals surface area contributed by atoms with E-state index in [9.17, 15) is 4.79 Å². The second kappa shape index (κ2) is 8.86. The summed E-state index contributed by atoms with van der Waals surface area (Å²) in [4.78, 5) is 21.3. The lowest BCUT2D eigenvalue weighted by atomic mass is 10.0. The van der Waals surface area contributed by atoms with Crippen LogP contribution in [0, 0.1) is 5.92 Å². The maximum absolute atomic E-state index is 12.6. The number of thiophene rings is 1. The molecule has 1 aliphatic rings. The van der Waals surface area contributed by atoms with Gasteiger partial charge in [0.2, 0.25) is 0 Å². The summed E-state index contributed by atoms with van der Waals surface area (Å²) < 4.78 is 5.28. The molecule has 1 aliphatic heterocycles. The smallest absolute Gasteiger partial charge is 0.261 e. The molecular formula is C22H26ClN3O2S. The van der Waals surface area contributed by atoms with Gasteiger partial charge in [-0.3, -0.25) is 4.79 Å². The highest BCUT2D eigenvalue weighted by molar-refractivity contribution is 7.20. The molecule has 1 fully saturated rings. The van der Waals surface area contributed by atoms with E-state index in [0.29, 0.717) is 27.7 Å². The maximum atomic E-state index is 12.6. The van der Waals surface area contributed by atoms with Crippen LogP contribution in [0.2, 0.25) is 5.02 Å². The Morgan fingerprint density at radius 3 is 3.03 bits per heavy atom. The fraction of sp³-hybridized carbons (Fsp3) is 0.455. The molecule has 1 N–H and O–H groups in total. The Morgan fingerprint density at radius 1 is 1.38 bits per heavy atom. The summed E-state index contributed by atoms with van der Waals surface area (Å²) in [5.41, 5.74) is 0.697. The van der Waals surface area contributed by atoms with Gasteiger partial charge >= 0.3 is 0 Å². The number of halogens is 1. The van der Waals surface area contributed by atoms with Crippen LogP contribution in [-0.4, -0.2) is 49.1 Å². The lowest BCUT2D eigenvalue weighted by Gasteiger charge is -2.30. The van der Waals surface area contributed by atoms with Gasteiger partial charge in [0.15, 0.2) is 0 Å². The molecule has 0 unspecified atom stereocenters. The summed E-state index contributed by atoms with van der Waals surface area (Å²) in [5.74, 6) is 1.35. The van der Waals surface area contributed by atoms with Crippen molar-refractivity contribution in [3.63, 3.8) is 0 Å². The van der Waals surface area contributed by atoms with Crippen molar-refractivity contribution < 1.29 is 9.53 Å². The van der Waals surface area contributed by atoms with Crippen LogP contribution in [0.3, 0.4) is 0 Å². The fourth-order valence-corrected chi connectivity index (χ4v) is 5.22. The molecule has 4 rings (SSSR count). The Bertz CT molecular complexity index is 1040. The Labute approximate surface area is 180 Å². The molecule has 3 heterocycles. The van der Waals surface area contributed by atoms with E-state index in [1.165, 1.54) is 37.3 Å². The van der Waals surface area contributed by atoms with Gasteiger partial charge in [-0.1, -0.05) is 18.5 Å². The Balaban J connectivity index is 1.41. The number of methoxy groups -OCH3 is 1. The number of nitrogens with zero attached hydrogens (tertiary/aromatic N) is 2. The number of ether oxygens (including phenoxy) is 1. The van der Waals surface area contributed by atoms with E-state index < -0.39 is 0 Å². The van der Waals surface area contributed by atoms with Gasteiger partial charge in [0.05, 0.1) is 17.5 Å². The number of piperidine rings is 1. The molecule has 0 bridgehead atoms. The maximum Gasteiger partial charge on any atom is 0.261 e. The highest BCUT2D eigenvalue weighted by Gasteiger charge is 2.16. The standard InChI is InChI=1S/C22H26ClN3O2S/c1-14-5-3-9-26(13-14)10-4-8-24-21(27)18-12-16-11-15-6-7-17(28-2)19(23)20(15)25-22(16)29-18/h6-7,11-12,14H,3-5,8-10,13H2,1-2H3,(H,24,27)/t14-/m0/s1. The number of nitrogens with one attached hydrogen (secondary N) is 1. The van der Waals surface area contributed by atoms with Gasteiger partial charge in [0.25, 0.3) is 5.91 Å². The van der Waals surface area contributed by atoms with Crippen LogP contribution in [0.4, 0.5) is 0 Å². The molecule has 154 valence electrons. The van der Waals surface area contributed by atoms with Crippen molar-refractivity contribution in [3.8, 4) is 5.75 Å². The SMILES string of the molecule is COc1ccc2cc3cc(C(=O)NCCCN4CCC[C@H](C)C4)sc3nc2c1Cl. The number of carbonyl (C=O) groups excluding carboxylic acids is 1. The monoisotopic (exact) mass is 431 g/mol. The van der Waals surface area contributed by atoms with Crippen LogP contribution >= 0.6 is 22.9 Å². The van der Waals surface area contributed by atoms with Gasteiger partial charge in [0.1, 0.15) is 15.6 Å². The molecule has 1 saturated heterocycles. The molecule has 0 spiro atoms. The molecule has 3 aromatic rings. The lowest BCUT2D eigenvalue weighted by molar-refractivity contribution is 0.0954. The van der Waals surface area contributed by atoms with Gasteiger partial charge < -0.3 is 15.0 Å². The zero-order valence-electron chi connectivity index (χ0n) is 16.8. The molecular weight excluding hydrogens is 406 g/mol. The van der Waals surface area contributed by atoms with Crippen LogP contribution in [0.15, 0.2) is 24.3 Å². The number of carbonyl (C=O) groups is 1. The number of hydrogen-bond acceptors (Lipinski definition) is 5. The number of fused-ring (bicyclic) bond motifs is 2. The Kier molecular flexibility index (Phi) is 6.23. The van der Waals surface area contributed by atoms with E-state index in [0.717, 1.165) is 34.5 Å². The largest absolute Gasteiger partial charge is 0.495 e. The van der Waals surface area contributed by atoms with Crippen LogP contribution in [-0.2, 0) is 0 Å². The minimum Gasteiger partial charge on any atom is -0.495 e. The molecule has 1 aromatic carbocycles. The van der Waals surface area contributed by atoms with Crippen molar-refractivity contribution >= 4 is 50.0 Å². The number of rotatable bonds is 6. The first-order valence-electron chi connectivity index (χ1n) is 10.1. The minimum absolute atomic E-state index is 0.0345. The first-order valence-corrected chi connectivity index (χ1v) is 11.3. The first kappa shape index (κ1) is 20.4. The average Bonchev–Trinajstić information content (AvgIpc) is 3.13. The van der Waals surface area contributed by atoms with Crippen molar-refractivity contribution in [3.05, 3.63) is 34.2 Å². The molecule has 7 heteroatoms. The van der Waals surface area contributed by atoms with Gasteiger partial charge in [0, 0.05) is 23.9 Å². The summed E-state index contributed by atoms with van der Waals surface area (Å²) >= 11 is 7.80. The van der Waals surface area contributed by atoms with Crippen molar-refractivity contribution in [2.75, 3.05) is 33.3 Å². The summed E-state index contributed by atoms with van der Waals surface area (Å²) in [7, 11) is 1.59. The zero-order valence-corrected chi connectivity index (χ0v) is 18.4. The van der Waals surface area contributed by atoms with Crippen LogP contribution < -0.4 is 10.1 Å². The summed E-state index contributed by atoms with van der Waals surface area (Å²) in [6.07, 6.45) is 3.59. The third-order valence-electron chi connectivity index (χ3n) is 5.50. The number of amides is 1. The molecule has 2 aromatic heterocycles. The molecule has 5 nitrogen and oxygen atoms in total. The van der Waals surface area contributed by atoms with Gasteiger partial charge in [-0.25, -0.2) is 4.98 Å². The number of hydrogen-bond donors (Lipinski definition) is 1. The van der Waals surface area contributed by atoms with Gasteiger partial charge in [-0.05, 0) is 62.5 Å². The van der Waals surface area contributed by atoms with Crippen molar-refractivity contribution in [2.24, 2.45) is 5.92 Å². The van der Waals surface area contributed by atoms with Crippen molar-refractivity contribution in [1.29, 1.82) is 0 Å². The second-order valence-corrected chi connectivity index (χ2v) is 9.21. The first-order chi connectivity index (χ1) is 14.0. The summed E-state index contributed by atoms with van der Waals surface area (Å²) in [6.45, 7) is 6.41. The fourth-order valence-electron chi connectivity index (χ4n) is 4.00. The van der Waals surface area contributed by atoms with Gasteiger partial charge in [-0.2, -0.15) is 0 Å². The Hall–Kier alpha value is -1.89. The normalized spacial score (nSPS) is 17.7.